The van der Waals surface area contributed by atoms with Crippen LogP contribution < -0.4 is 5.32 Å². The van der Waals surface area contributed by atoms with Gasteiger partial charge in [0.1, 0.15) is 5.69 Å². The Morgan fingerprint density at radius 1 is 1.22 bits per heavy atom. The number of hydrogen-bond acceptors (Lipinski definition) is 3. The van der Waals surface area contributed by atoms with E-state index in [0.717, 1.165) is 11.3 Å². The van der Waals surface area contributed by atoms with Crippen molar-refractivity contribution in [2.75, 3.05) is 0 Å². The first-order valence-electron chi connectivity index (χ1n) is 5.77. The van der Waals surface area contributed by atoms with E-state index in [1.165, 1.54) is 11.8 Å². The summed E-state index contributed by atoms with van der Waals surface area (Å²) in [6, 6.07) is 8.02. The summed E-state index contributed by atoms with van der Waals surface area (Å²) in [4.78, 5) is 19.9. The molecule has 0 bridgehead atoms. The molecule has 0 saturated heterocycles. The predicted octanol–water partition coefficient (Wildman–Crippen LogP) is 2.02. The van der Waals surface area contributed by atoms with Gasteiger partial charge in [-0.1, -0.05) is 29.8 Å². The van der Waals surface area contributed by atoms with Crippen molar-refractivity contribution >= 4 is 5.91 Å². The molecule has 0 saturated carbocycles. The summed E-state index contributed by atoms with van der Waals surface area (Å²) in [5, 5.41) is 2.82. The third kappa shape index (κ3) is 3.13. The van der Waals surface area contributed by atoms with Crippen LogP contribution in [-0.4, -0.2) is 15.9 Å². The van der Waals surface area contributed by atoms with Crippen molar-refractivity contribution in [3.05, 3.63) is 59.2 Å². The van der Waals surface area contributed by atoms with Crippen LogP contribution >= 0.6 is 0 Å². The van der Waals surface area contributed by atoms with Crippen LogP contribution in [0, 0.1) is 13.8 Å². The van der Waals surface area contributed by atoms with E-state index < -0.39 is 0 Å². The Kier molecular flexibility index (Phi) is 3.67. The molecular formula is C14H15N3O. The lowest BCUT2D eigenvalue weighted by atomic mass is 10.1. The first-order chi connectivity index (χ1) is 8.65. The van der Waals surface area contributed by atoms with Gasteiger partial charge in [0.25, 0.3) is 5.91 Å². The average molecular weight is 241 g/mol. The maximum absolute atomic E-state index is 11.8. The number of nitrogens with zero attached hydrogens (tertiary/aromatic N) is 2. The molecule has 0 spiro atoms. The first kappa shape index (κ1) is 12.2. The van der Waals surface area contributed by atoms with Gasteiger partial charge in [0.05, 0.1) is 11.9 Å². The zero-order valence-electron chi connectivity index (χ0n) is 10.5. The molecule has 1 N–H and O–H groups in total. The number of hydrogen-bond donors (Lipinski definition) is 1. The van der Waals surface area contributed by atoms with Crippen LogP contribution in [0.3, 0.4) is 0 Å². The average Bonchev–Trinajstić information content (AvgIpc) is 2.37. The van der Waals surface area contributed by atoms with Crippen molar-refractivity contribution in [2.24, 2.45) is 0 Å². The molecule has 0 unspecified atom stereocenters. The van der Waals surface area contributed by atoms with Gasteiger partial charge in [0, 0.05) is 12.7 Å². The Hall–Kier alpha value is -2.23. The second kappa shape index (κ2) is 5.40. The fourth-order valence-electron chi connectivity index (χ4n) is 1.60. The van der Waals surface area contributed by atoms with E-state index in [2.05, 4.69) is 15.3 Å². The second-order valence-electron chi connectivity index (χ2n) is 4.21. The minimum absolute atomic E-state index is 0.205. The second-order valence-corrected chi connectivity index (χ2v) is 4.21. The molecule has 1 amide bonds. The van der Waals surface area contributed by atoms with E-state index in [0.29, 0.717) is 12.2 Å². The first-order valence-corrected chi connectivity index (χ1v) is 5.77. The zero-order valence-corrected chi connectivity index (χ0v) is 10.5. The normalized spacial score (nSPS) is 10.1. The maximum atomic E-state index is 11.8. The van der Waals surface area contributed by atoms with Gasteiger partial charge in [-0.15, -0.1) is 0 Å². The van der Waals surface area contributed by atoms with Gasteiger partial charge in [-0.3, -0.25) is 9.78 Å². The van der Waals surface area contributed by atoms with Crippen molar-refractivity contribution in [1.29, 1.82) is 0 Å². The Bertz CT molecular complexity index is 549. The summed E-state index contributed by atoms with van der Waals surface area (Å²) in [7, 11) is 0. The molecule has 92 valence electrons. The maximum Gasteiger partial charge on any atom is 0.271 e. The standard InChI is InChI=1S/C14H15N3O/c1-10-4-3-5-12(6-10)8-17-14(18)13-9-15-11(2)7-16-13/h3-7,9H,8H2,1-2H3,(H,17,18). The number of rotatable bonds is 3. The number of aromatic nitrogens is 2. The predicted molar refractivity (Wildman–Crippen MR) is 69.1 cm³/mol. The van der Waals surface area contributed by atoms with E-state index in [-0.39, 0.29) is 5.91 Å². The quantitative estimate of drug-likeness (QED) is 0.894. The molecule has 1 heterocycles. The fraction of sp³-hybridized carbons (Fsp3) is 0.214. The van der Waals surface area contributed by atoms with E-state index >= 15 is 0 Å². The monoisotopic (exact) mass is 241 g/mol. The van der Waals surface area contributed by atoms with Crippen molar-refractivity contribution < 1.29 is 4.79 Å². The highest BCUT2D eigenvalue weighted by molar-refractivity contribution is 5.91. The van der Waals surface area contributed by atoms with Crippen molar-refractivity contribution in [3.63, 3.8) is 0 Å². The van der Waals surface area contributed by atoms with E-state index in [4.69, 9.17) is 0 Å². The number of nitrogens with one attached hydrogen (secondary N) is 1. The van der Waals surface area contributed by atoms with Crippen molar-refractivity contribution in [2.45, 2.75) is 20.4 Å². The largest absolute Gasteiger partial charge is 0.347 e. The SMILES string of the molecule is Cc1cccc(CNC(=O)c2cnc(C)cn2)c1. The Morgan fingerprint density at radius 2 is 2.06 bits per heavy atom. The van der Waals surface area contributed by atoms with Gasteiger partial charge >= 0.3 is 0 Å². The summed E-state index contributed by atoms with van der Waals surface area (Å²) in [5.74, 6) is -0.205. The highest BCUT2D eigenvalue weighted by atomic mass is 16.1. The molecule has 18 heavy (non-hydrogen) atoms. The van der Waals surface area contributed by atoms with Crippen molar-refractivity contribution in [1.82, 2.24) is 15.3 Å². The minimum Gasteiger partial charge on any atom is -0.347 e. The van der Waals surface area contributed by atoms with Crippen LogP contribution in [0.4, 0.5) is 0 Å². The summed E-state index contributed by atoms with van der Waals surface area (Å²) in [5.41, 5.74) is 3.39. The van der Waals surface area contributed by atoms with Crippen LogP contribution in [-0.2, 0) is 6.54 Å². The molecule has 4 heteroatoms. The van der Waals surface area contributed by atoms with Crippen LogP contribution in [0.15, 0.2) is 36.7 Å². The third-order valence-electron chi connectivity index (χ3n) is 2.55. The lowest BCUT2D eigenvalue weighted by Gasteiger charge is -2.05. The van der Waals surface area contributed by atoms with Gasteiger partial charge in [0.2, 0.25) is 0 Å². The number of carbonyl (C=O) groups excluding carboxylic acids is 1. The molecule has 0 aliphatic heterocycles. The molecule has 0 aliphatic carbocycles. The van der Waals surface area contributed by atoms with Gasteiger partial charge in [-0.2, -0.15) is 0 Å². The summed E-state index contributed by atoms with van der Waals surface area (Å²) in [6.45, 7) is 4.36. The molecular weight excluding hydrogens is 226 g/mol. The summed E-state index contributed by atoms with van der Waals surface area (Å²) in [6.07, 6.45) is 3.07. The summed E-state index contributed by atoms with van der Waals surface area (Å²) >= 11 is 0. The van der Waals surface area contributed by atoms with Gasteiger partial charge in [0.15, 0.2) is 0 Å². The topological polar surface area (TPSA) is 54.9 Å². The van der Waals surface area contributed by atoms with Crippen LogP contribution in [0.5, 0.6) is 0 Å². The number of benzene rings is 1. The molecule has 0 atom stereocenters. The minimum atomic E-state index is -0.205. The smallest absolute Gasteiger partial charge is 0.271 e. The Labute approximate surface area is 106 Å². The number of amides is 1. The molecule has 1 aromatic carbocycles. The highest BCUT2D eigenvalue weighted by Crippen LogP contribution is 2.03. The molecule has 4 nitrogen and oxygen atoms in total. The molecule has 0 aliphatic rings. The molecule has 0 radical (unpaired) electrons. The van der Waals surface area contributed by atoms with E-state index in [9.17, 15) is 4.79 Å². The molecule has 2 aromatic rings. The van der Waals surface area contributed by atoms with Gasteiger partial charge in [-0.05, 0) is 19.4 Å². The van der Waals surface area contributed by atoms with Gasteiger partial charge in [-0.25, -0.2) is 4.98 Å². The van der Waals surface area contributed by atoms with Gasteiger partial charge < -0.3 is 5.32 Å². The lowest BCUT2D eigenvalue weighted by molar-refractivity contribution is 0.0945. The Balaban J connectivity index is 1.98. The summed E-state index contributed by atoms with van der Waals surface area (Å²) < 4.78 is 0. The molecule has 0 fully saturated rings. The van der Waals surface area contributed by atoms with Crippen LogP contribution in [0.25, 0.3) is 0 Å². The van der Waals surface area contributed by atoms with Crippen molar-refractivity contribution in [3.8, 4) is 0 Å². The Morgan fingerprint density at radius 3 is 2.72 bits per heavy atom. The van der Waals surface area contributed by atoms with Crippen LogP contribution in [0.2, 0.25) is 0 Å². The molecule has 1 aromatic heterocycles. The highest BCUT2D eigenvalue weighted by Gasteiger charge is 2.06. The fourth-order valence-corrected chi connectivity index (χ4v) is 1.60. The number of aryl methyl sites for hydroxylation is 2. The molecule has 2 rings (SSSR count). The van der Waals surface area contributed by atoms with E-state index in [1.807, 2.05) is 38.1 Å². The van der Waals surface area contributed by atoms with E-state index in [1.54, 1.807) is 6.20 Å². The zero-order chi connectivity index (χ0) is 13.0. The third-order valence-corrected chi connectivity index (χ3v) is 2.55. The number of carbonyl (C=O) groups is 1. The lowest BCUT2D eigenvalue weighted by Crippen LogP contribution is -2.24. The van der Waals surface area contributed by atoms with Crippen LogP contribution in [0.1, 0.15) is 27.3 Å².